The zero-order chi connectivity index (χ0) is 10.7. The minimum Gasteiger partial charge on any atom is -0.310 e. The van der Waals surface area contributed by atoms with Crippen LogP contribution in [0.1, 0.15) is 31.4 Å². The first kappa shape index (κ1) is 10.8. The molecule has 2 atom stereocenters. The Morgan fingerprint density at radius 2 is 2.27 bits per heavy atom. The van der Waals surface area contributed by atoms with Crippen LogP contribution in [0.15, 0.2) is 29.2 Å². The second-order valence-corrected chi connectivity index (χ2v) is 5.42. The lowest BCUT2D eigenvalue weighted by molar-refractivity contribution is 0.504. The Hall–Kier alpha value is -0.670. The van der Waals surface area contributed by atoms with E-state index in [0.717, 1.165) is 30.0 Å². The number of hydrogen-bond donors (Lipinski definition) is 1. The molecule has 1 heterocycles. The summed E-state index contributed by atoms with van der Waals surface area (Å²) in [4.78, 5) is 1.03. The first-order chi connectivity index (χ1) is 7.33. The van der Waals surface area contributed by atoms with Crippen LogP contribution in [0.25, 0.3) is 0 Å². The van der Waals surface area contributed by atoms with Crippen LogP contribution in [0.4, 0.5) is 0 Å². The zero-order valence-electron chi connectivity index (χ0n) is 9.03. The lowest BCUT2D eigenvalue weighted by Crippen LogP contribution is -2.28. The third-order valence-electron chi connectivity index (χ3n) is 2.77. The molecular weight excluding hydrogens is 206 g/mol. The second-order valence-electron chi connectivity index (χ2n) is 3.88. The molecule has 2 unspecified atom stereocenters. The van der Waals surface area contributed by atoms with Crippen molar-refractivity contribution in [2.45, 2.75) is 30.7 Å². The summed E-state index contributed by atoms with van der Waals surface area (Å²) in [5.41, 5.74) is 1.23. The van der Waals surface area contributed by atoms with Gasteiger partial charge in [0.1, 0.15) is 0 Å². The number of nitrogens with one attached hydrogen (secondary N) is 1. The first-order valence-corrected chi connectivity index (χ1v) is 6.85. The molecule has 0 aromatic heterocycles. The number of rotatable bonds is 3. The Bertz CT molecular complexity index is 364. The van der Waals surface area contributed by atoms with E-state index in [2.05, 4.69) is 18.3 Å². The fraction of sp³-hybridized carbons (Fsp3) is 0.500. The molecule has 15 heavy (non-hydrogen) atoms. The predicted octanol–water partition coefficient (Wildman–Crippen LogP) is 2.24. The Morgan fingerprint density at radius 3 is 3.07 bits per heavy atom. The molecule has 3 heteroatoms. The van der Waals surface area contributed by atoms with Gasteiger partial charge in [-0.3, -0.25) is 4.21 Å². The molecule has 0 saturated heterocycles. The third-order valence-corrected chi connectivity index (χ3v) is 4.24. The van der Waals surface area contributed by atoms with Crippen molar-refractivity contribution in [3.8, 4) is 0 Å². The lowest BCUT2D eigenvalue weighted by Gasteiger charge is -2.25. The van der Waals surface area contributed by atoms with Crippen molar-refractivity contribution in [1.82, 2.24) is 5.32 Å². The predicted molar refractivity (Wildman–Crippen MR) is 63.4 cm³/mol. The van der Waals surface area contributed by atoms with Crippen LogP contribution in [-0.2, 0) is 10.8 Å². The van der Waals surface area contributed by atoms with Gasteiger partial charge in [0.25, 0.3) is 0 Å². The summed E-state index contributed by atoms with van der Waals surface area (Å²) in [6, 6.07) is 8.49. The minimum absolute atomic E-state index is 0.402. The average Bonchev–Trinajstić information content (AvgIpc) is 2.29. The van der Waals surface area contributed by atoms with Gasteiger partial charge in [0, 0.05) is 16.7 Å². The Labute approximate surface area is 93.5 Å². The molecule has 0 fully saturated rings. The van der Waals surface area contributed by atoms with Crippen molar-refractivity contribution in [3.05, 3.63) is 29.8 Å². The molecule has 0 bridgehead atoms. The van der Waals surface area contributed by atoms with Crippen LogP contribution in [0, 0.1) is 0 Å². The van der Waals surface area contributed by atoms with Gasteiger partial charge >= 0.3 is 0 Å². The maximum Gasteiger partial charge on any atom is 0.0533 e. The van der Waals surface area contributed by atoms with E-state index in [1.165, 1.54) is 5.56 Å². The molecule has 1 aliphatic heterocycles. The third kappa shape index (κ3) is 2.29. The van der Waals surface area contributed by atoms with Crippen LogP contribution in [0.2, 0.25) is 0 Å². The largest absolute Gasteiger partial charge is 0.310 e. The topological polar surface area (TPSA) is 29.1 Å². The molecule has 0 spiro atoms. The summed E-state index contributed by atoms with van der Waals surface area (Å²) in [5.74, 6) is 0.790. The minimum atomic E-state index is -0.781. The highest BCUT2D eigenvalue weighted by Gasteiger charge is 2.23. The fourth-order valence-corrected chi connectivity index (χ4v) is 3.37. The number of fused-ring (bicyclic) bond motifs is 1. The van der Waals surface area contributed by atoms with Crippen LogP contribution < -0.4 is 5.32 Å². The van der Waals surface area contributed by atoms with Crippen molar-refractivity contribution in [3.63, 3.8) is 0 Å². The Balaban J connectivity index is 2.24. The molecule has 1 aliphatic rings. The maximum absolute atomic E-state index is 11.8. The fourth-order valence-electron chi connectivity index (χ4n) is 2.00. The molecule has 0 radical (unpaired) electrons. The molecule has 2 nitrogen and oxygen atoms in total. The highest BCUT2D eigenvalue weighted by molar-refractivity contribution is 7.85. The summed E-state index contributed by atoms with van der Waals surface area (Å²) in [5, 5.41) is 3.51. The van der Waals surface area contributed by atoms with Crippen molar-refractivity contribution in [1.29, 1.82) is 0 Å². The van der Waals surface area contributed by atoms with E-state index in [1.54, 1.807) is 0 Å². The smallest absolute Gasteiger partial charge is 0.0533 e. The summed E-state index contributed by atoms with van der Waals surface area (Å²) < 4.78 is 11.8. The van der Waals surface area contributed by atoms with E-state index in [9.17, 15) is 4.21 Å². The Morgan fingerprint density at radius 1 is 1.47 bits per heavy atom. The average molecular weight is 223 g/mol. The van der Waals surface area contributed by atoms with Crippen LogP contribution in [0.3, 0.4) is 0 Å². The summed E-state index contributed by atoms with van der Waals surface area (Å²) in [6.45, 7) is 3.20. The summed E-state index contributed by atoms with van der Waals surface area (Å²) in [6.07, 6.45) is 2.13. The zero-order valence-corrected chi connectivity index (χ0v) is 9.85. The van der Waals surface area contributed by atoms with Gasteiger partial charge in [0.05, 0.1) is 10.8 Å². The SMILES string of the molecule is CCCNC1CCS(=O)c2ccccc21. The molecular formula is C12H17NOS. The second kappa shape index (κ2) is 4.90. The van der Waals surface area contributed by atoms with Crippen molar-refractivity contribution < 1.29 is 4.21 Å². The van der Waals surface area contributed by atoms with E-state index < -0.39 is 10.8 Å². The van der Waals surface area contributed by atoms with Gasteiger partial charge in [0.15, 0.2) is 0 Å². The molecule has 1 aromatic carbocycles. The number of benzene rings is 1. The first-order valence-electron chi connectivity index (χ1n) is 5.53. The van der Waals surface area contributed by atoms with Crippen LogP contribution in [-0.4, -0.2) is 16.5 Å². The van der Waals surface area contributed by atoms with Crippen molar-refractivity contribution in [2.24, 2.45) is 0 Å². The monoisotopic (exact) mass is 223 g/mol. The standard InChI is InChI=1S/C12H17NOS/c1-2-8-13-11-7-9-15(14)12-6-4-3-5-10(11)12/h3-6,11,13H,2,7-9H2,1H3. The van der Waals surface area contributed by atoms with Crippen LogP contribution >= 0.6 is 0 Å². The highest BCUT2D eigenvalue weighted by atomic mass is 32.2. The van der Waals surface area contributed by atoms with Gasteiger partial charge in [-0.15, -0.1) is 0 Å². The molecule has 82 valence electrons. The van der Waals surface area contributed by atoms with Crippen molar-refractivity contribution in [2.75, 3.05) is 12.3 Å². The summed E-state index contributed by atoms with van der Waals surface area (Å²) in [7, 11) is -0.781. The highest BCUT2D eigenvalue weighted by Crippen LogP contribution is 2.29. The summed E-state index contributed by atoms with van der Waals surface area (Å²) >= 11 is 0. The van der Waals surface area contributed by atoms with Gasteiger partial charge in [-0.1, -0.05) is 25.1 Å². The van der Waals surface area contributed by atoms with E-state index in [4.69, 9.17) is 0 Å². The van der Waals surface area contributed by atoms with E-state index in [-0.39, 0.29) is 0 Å². The molecule has 0 amide bonds. The molecule has 1 aromatic rings. The van der Waals surface area contributed by atoms with E-state index >= 15 is 0 Å². The maximum atomic E-state index is 11.8. The Kier molecular flexibility index (Phi) is 3.54. The van der Waals surface area contributed by atoms with E-state index in [1.807, 2.05) is 18.2 Å². The van der Waals surface area contributed by atoms with Gasteiger partial charge in [-0.25, -0.2) is 0 Å². The quantitative estimate of drug-likeness (QED) is 0.851. The molecule has 0 aliphatic carbocycles. The molecule has 2 rings (SSSR count). The van der Waals surface area contributed by atoms with E-state index in [0.29, 0.717) is 6.04 Å². The normalized spacial score (nSPS) is 24.9. The van der Waals surface area contributed by atoms with Gasteiger partial charge in [-0.2, -0.15) is 0 Å². The van der Waals surface area contributed by atoms with Gasteiger partial charge in [-0.05, 0) is 31.0 Å². The van der Waals surface area contributed by atoms with Crippen LogP contribution in [0.5, 0.6) is 0 Å². The van der Waals surface area contributed by atoms with Crippen molar-refractivity contribution >= 4 is 10.8 Å². The molecule has 0 saturated carbocycles. The molecule has 1 N–H and O–H groups in total. The van der Waals surface area contributed by atoms with Gasteiger partial charge < -0.3 is 5.32 Å². The van der Waals surface area contributed by atoms with Gasteiger partial charge in [0.2, 0.25) is 0 Å². The lowest BCUT2D eigenvalue weighted by atomic mass is 10.0. The number of hydrogen-bond acceptors (Lipinski definition) is 2.